The van der Waals surface area contributed by atoms with E-state index in [1.165, 1.54) is 0 Å². The number of rotatable bonds is 3. The SMILES string of the molecule is CC(C)(C)C(O)CCc1cccc(Br)c1F. The van der Waals surface area contributed by atoms with Gasteiger partial charge in [-0.1, -0.05) is 32.9 Å². The predicted molar refractivity (Wildman–Crippen MR) is 67.9 cm³/mol. The largest absolute Gasteiger partial charge is 0.393 e. The number of benzene rings is 1. The molecule has 0 aliphatic heterocycles. The van der Waals surface area contributed by atoms with Crippen LogP contribution >= 0.6 is 15.9 Å². The van der Waals surface area contributed by atoms with E-state index in [0.717, 1.165) is 0 Å². The van der Waals surface area contributed by atoms with Crippen LogP contribution in [-0.4, -0.2) is 11.2 Å². The number of hydrogen-bond donors (Lipinski definition) is 1. The maximum Gasteiger partial charge on any atom is 0.140 e. The lowest BCUT2D eigenvalue weighted by atomic mass is 9.86. The first-order valence-corrected chi connectivity index (χ1v) is 6.22. The van der Waals surface area contributed by atoms with Gasteiger partial charge >= 0.3 is 0 Å². The molecule has 0 aliphatic rings. The highest BCUT2D eigenvalue weighted by Crippen LogP contribution is 2.25. The smallest absolute Gasteiger partial charge is 0.140 e. The van der Waals surface area contributed by atoms with Crippen molar-refractivity contribution in [2.75, 3.05) is 0 Å². The molecule has 1 nitrogen and oxygen atoms in total. The highest BCUT2D eigenvalue weighted by molar-refractivity contribution is 9.10. The third kappa shape index (κ3) is 3.56. The van der Waals surface area contributed by atoms with Gasteiger partial charge < -0.3 is 5.11 Å². The molecule has 1 unspecified atom stereocenters. The fourth-order valence-corrected chi connectivity index (χ4v) is 1.87. The Bertz CT molecular complexity index is 357. The Morgan fingerprint density at radius 3 is 2.56 bits per heavy atom. The van der Waals surface area contributed by atoms with Crippen molar-refractivity contribution in [3.05, 3.63) is 34.1 Å². The maximum atomic E-state index is 13.6. The molecule has 0 radical (unpaired) electrons. The van der Waals surface area contributed by atoms with Crippen molar-refractivity contribution in [3.8, 4) is 0 Å². The van der Waals surface area contributed by atoms with Gasteiger partial charge in [-0.2, -0.15) is 0 Å². The Balaban J connectivity index is 2.65. The van der Waals surface area contributed by atoms with Gasteiger partial charge in [-0.25, -0.2) is 4.39 Å². The standard InChI is InChI=1S/C13H18BrFO/c1-13(2,3)11(16)8-7-9-5-4-6-10(14)12(9)15/h4-6,11,16H,7-8H2,1-3H3. The molecule has 3 heteroatoms. The normalized spacial score (nSPS) is 13.9. The molecule has 0 saturated carbocycles. The van der Waals surface area contributed by atoms with Crippen LogP contribution in [0.4, 0.5) is 4.39 Å². The van der Waals surface area contributed by atoms with E-state index >= 15 is 0 Å². The zero-order valence-corrected chi connectivity index (χ0v) is 11.5. The summed E-state index contributed by atoms with van der Waals surface area (Å²) in [5, 5.41) is 9.87. The molecule has 1 aromatic rings. The van der Waals surface area contributed by atoms with Crippen LogP contribution in [0.1, 0.15) is 32.8 Å². The average Bonchev–Trinajstić information content (AvgIpc) is 2.18. The molecular weight excluding hydrogens is 271 g/mol. The van der Waals surface area contributed by atoms with Crippen molar-refractivity contribution in [2.24, 2.45) is 5.41 Å². The first-order chi connectivity index (χ1) is 7.32. The number of aliphatic hydroxyl groups excluding tert-OH is 1. The van der Waals surface area contributed by atoms with Gasteiger partial charge in [0.25, 0.3) is 0 Å². The summed E-state index contributed by atoms with van der Waals surface area (Å²) >= 11 is 3.16. The molecule has 16 heavy (non-hydrogen) atoms. The minimum atomic E-state index is -0.411. The molecule has 0 aliphatic carbocycles. The zero-order chi connectivity index (χ0) is 12.3. The number of aryl methyl sites for hydroxylation is 1. The van der Waals surface area contributed by atoms with E-state index in [2.05, 4.69) is 15.9 Å². The fraction of sp³-hybridized carbons (Fsp3) is 0.538. The quantitative estimate of drug-likeness (QED) is 0.894. The Kier molecular flexibility index (Phi) is 4.51. The zero-order valence-electron chi connectivity index (χ0n) is 9.93. The van der Waals surface area contributed by atoms with Crippen molar-refractivity contribution in [3.63, 3.8) is 0 Å². The molecule has 1 atom stereocenters. The van der Waals surface area contributed by atoms with Crippen molar-refractivity contribution in [2.45, 2.75) is 39.7 Å². The molecule has 90 valence electrons. The minimum Gasteiger partial charge on any atom is -0.393 e. The summed E-state index contributed by atoms with van der Waals surface area (Å²) in [6.07, 6.45) is 0.728. The van der Waals surface area contributed by atoms with E-state index in [1.54, 1.807) is 12.1 Å². The molecule has 0 saturated heterocycles. The summed E-state index contributed by atoms with van der Waals surface area (Å²) in [7, 11) is 0. The van der Waals surface area contributed by atoms with Crippen LogP contribution in [0.2, 0.25) is 0 Å². The third-order valence-electron chi connectivity index (χ3n) is 2.72. The van der Waals surface area contributed by atoms with Crippen LogP contribution in [-0.2, 0) is 6.42 Å². The average molecular weight is 289 g/mol. The molecular formula is C13H18BrFO. The number of aliphatic hydroxyl groups is 1. The fourth-order valence-electron chi connectivity index (χ4n) is 1.47. The molecule has 0 spiro atoms. The Labute approximate surface area is 105 Å². The second-order valence-electron chi connectivity index (χ2n) is 5.13. The minimum absolute atomic E-state index is 0.150. The first-order valence-electron chi connectivity index (χ1n) is 5.43. The van der Waals surface area contributed by atoms with Crippen LogP contribution < -0.4 is 0 Å². The summed E-state index contributed by atoms with van der Waals surface area (Å²) in [5.74, 6) is -0.219. The molecule has 0 heterocycles. The van der Waals surface area contributed by atoms with Crippen LogP contribution in [0.5, 0.6) is 0 Å². The van der Waals surface area contributed by atoms with Gasteiger partial charge in [0.1, 0.15) is 5.82 Å². The molecule has 1 rings (SSSR count). The molecule has 0 bridgehead atoms. The van der Waals surface area contributed by atoms with E-state index in [9.17, 15) is 9.50 Å². The lowest BCUT2D eigenvalue weighted by Crippen LogP contribution is -2.26. The van der Waals surface area contributed by atoms with E-state index < -0.39 is 6.10 Å². The Hall–Kier alpha value is -0.410. The maximum absolute atomic E-state index is 13.6. The summed E-state index contributed by atoms with van der Waals surface area (Å²) in [5.41, 5.74) is 0.500. The molecule has 0 amide bonds. The Morgan fingerprint density at radius 2 is 2.00 bits per heavy atom. The van der Waals surface area contributed by atoms with Crippen molar-refractivity contribution in [1.82, 2.24) is 0 Å². The third-order valence-corrected chi connectivity index (χ3v) is 3.33. The number of hydrogen-bond acceptors (Lipinski definition) is 1. The van der Waals surface area contributed by atoms with E-state index in [-0.39, 0.29) is 11.2 Å². The highest BCUT2D eigenvalue weighted by Gasteiger charge is 2.22. The van der Waals surface area contributed by atoms with E-state index in [0.29, 0.717) is 22.9 Å². The lowest BCUT2D eigenvalue weighted by Gasteiger charge is -2.25. The second kappa shape index (κ2) is 5.28. The van der Waals surface area contributed by atoms with Gasteiger partial charge in [0.15, 0.2) is 0 Å². The predicted octanol–water partition coefficient (Wildman–Crippen LogP) is 3.93. The molecule has 0 aromatic heterocycles. The number of halogens is 2. The summed E-state index contributed by atoms with van der Waals surface area (Å²) in [6.45, 7) is 5.94. The molecule has 1 N–H and O–H groups in total. The van der Waals surface area contributed by atoms with Gasteiger partial charge in [-0.3, -0.25) is 0 Å². The van der Waals surface area contributed by atoms with Gasteiger partial charge in [0.05, 0.1) is 10.6 Å². The van der Waals surface area contributed by atoms with Gasteiger partial charge in [-0.05, 0) is 45.8 Å². The van der Waals surface area contributed by atoms with Crippen LogP contribution in [0.3, 0.4) is 0 Å². The van der Waals surface area contributed by atoms with Gasteiger partial charge in [0, 0.05) is 0 Å². The van der Waals surface area contributed by atoms with E-state index in [1.807, 2.05) is 26.8 Å². The van der Waals surface area contributed by atoms with Crippen LogP contribution in [0, 0.1) is 11.2 Å². The van der Waals surface area contributed by atoms with Crippen LogP contribution in [0.25, 0.3) is 0 Å². The van der Waals surface area contributed by atoms with Crippen molar-refractivity contribution < 1.29 is 9.50 Å². The van der Waals surface area contributed by atoms with E-state index in [4.69, 9.17) is 0 Å². The van der Waals surface area contributed by atoms with Gasteiger partial charge in [0.2, 0.25) is 0 Å². The lowest BCUT2D eigenvalue weighted by molar-refractivity contribution is 0.0558. The van der Waals surface area contributed by atoms with Crippen molar-refractivity contribution in [1.29, 1.82) is 0 Å². The first kappa shape index (κ1) is 13.7. The van der Waals surface area contributed by atoms with Crippen LogP contribution in [0.15, 0.2) is 22.7 Å². The monoisotopic (exact) mass is 288 g/mol. The van der Waals surface area contributed by atoms with Crippen molar-refractivity contribution >= 4 is 15.9 Å². The summed E-state index contributed by atoms with van der Waals surface area (Å²) in [6, 6.07) is 5.25. The summed E-state index contributed by atoms with van der Waals surface area (Å²) in [4.78, 5) is 0. The highest BCUT2D eigenvalue weighted by atomic mass is 79.9. The molecule has 0 fully saturated rings. The van der Waals surface area contributed by atoms with Gasteiger partial charge in [-0.15, -0.1) is 0 Å². The topological polar surface area (TPSA) is 20.2 Å². The summed E-state index contributed by atoms with van der Waals surface area (Å²) < 4.78 is 14.1. The molecule has 1 aromatic carbocycles. The second-order valence-corrected chi connectivity index (χ2v) is 5.99. The Morgan fingerprint density at radius 1 is 1.38 bits per heavy atom.